The van der Waals surface area contributed by atoms with Gasteiger partial charge in [-0.15, -0.1) is 0 Å². The molecule has 2 heterocycles. The number of nitrogens with zero attached hydrogens (tertiary/aromatic N) is 2. The van der Waals surface area contributed by atoms with E-state index in [9.17, 15) is 14.7 Å². The Kier molecular flexibility index (Phi) is 6.46. The van der Waals surface area contributed by atoms with Crippen LogP contribution >= 0.6 is 15.9 Å². The lowest BCUT2D eigenvalue weighted by Crippen LogP contribution is -2.29. The molecule has 0 spiro atoms. The highest BCUT2D eigenvalue weighted by Crippen LogP contribution is 2.41. The molecule has 1 amide bonds. The molecule has 1 N–H and O–H groups in total. The van der Waals surface area contributed by atoms with E-state index in [1.165, 1.54) is 12.0 Å². The number of benzene rings is 2. The quantitative estimate of drug-likeness (QED) is 0.300. The van der Waals surface area contributed by atoms with Gasteiger partial charge >= 0.3 is 0 Å². The van der Waals surface area contributed by atoms with Crippen LogP contribution in [0.3, 0.4) is 0 Å². The van der Waals surface area contributed by atoms with Crippen molar-refractivity contribution in [2.75, 3.05) is 14.2 Å². The summed E-state index contributed by atoms with van der Waals surface area (Å²) in [7, 11) is 3.10. The summed E-state index contributed by atoms with van der Waals surface area (Å²) in [4.78, 5) is 31.9. The van der Waals surface area contributed by atoms with Gasteiger partial charge in [0.05, 0.1) is 30.3 Å². The Morgan fingerprint density at radius 2 is 1.91 bits per heavy atom. The number of aliphatic hydroxyl groups excluding tert-OH is 1. The Morgan fingerprint density at radius 1 is 1.09 bits per heavy atom. The summed E-state index contributed by atoms with van der Waals surface area (Å²) in [6.07, 6.45) is 3.20. The van der Waals surface area contributed by atoms with Crippen LogP contribution in [0.15, 0.2) is 77.0 Å². The third-order valence-corrected chi connectivity index (χ3v) is 6.07. The monoisotopic (exact) mass is 508 g/mol. The Labute approximate surface area is 199 Å². The number of carbonyl (C=O) groups excluding carboxylic acids is 2. The van der Waals surface area contributed by atoms with Crippen molar-refractivity contribution >= 4 is 33.4 Å². The summed E-state index contributed by atoms with van der Waals surface area (Å²) >= 11 is 3.40. The summed E-state index contributed by atoms with van der Waals surface area (Å²) in [5.74, 6) is -0.491. The molecule has 3 aromatic rings. The molecule has 2 aromatic carbocycles. The van der Waals surface area contributed by atoms with E-state index in [2.05, 4.69) is 20.9 Å². The molecule has 0 bridgehead atoms. The number of aliphatic hydroxyl groups is 1. The zero-order chi connectivity index (χ0) is 23.5. The average Bonchev–Trinajstić information content (AvgIpc) is 3.09. The van der Waals surface area contributed by atoms with Gasteiger partial charge in [-0.2, -0.15) is 0 Å². The van der Waals surface area contributed by atoms with Gasteiger partial charge in [0.1, 0.15) is 17.3 Å². The van der Waals surface area contributed by atoms with Crippen molar-refractivity contribution in [1.82, 2.24) is 9.88 Å². The number of hydrogen-bond donors (Lipinski definition) is 1. The van der Waals surface area contributed by atoms with Gasteiger partial charge in [-0.1, -0.05) is 18.2 Å². The number of methoxy groups -OCH3 is 2. The molecule has 1 aliphatic heterocycles. The fourth-order valence-corrected chi connectivity index (χ4v) is 4.40. The second-order valence-electron chi connectivity index (χ2n) is 7.41. The summed E-state index contributed by atoms with van der Waals surface area (Å²) in [6, 6.07) is 14.9. The smallest absolute Gasteiger partial charge is 0.295 e. The van der Waals surface area contributed by atoms with E-state index in [4.69, 9.17) is 9.47 Å². The predicted octanol–water partition coefficient (Wildman–Crippen LogP) is 4.48. The molecule has 8 heteroatoms. The third-order valence-electron chi connectivity index (χ3n) is 5.45. The van der Waals surface area contributed by atoms with Crippen molar-refractivity contribution in [3.8, 4) is 11.5 Å². The summed E-state index contributed by atoms with van der Waals surface area (Å²) < 4.78 is 11.1. The number of carbonyl (C=O) groups is 2. The molecule has 33 heavy (non-hydrogen) atoms. The van der Waals surface area contributed by atoms with Crippen molar-refractivity contribution in [3.63, 3.8) is 0 Å². The fraction of sp³-hybridized carbons (Fsp3) is 0.160. The summed E-state index contributed by atoms with van der Waals surface area (Å²) in [5.41, 5.74) is 1.80. The average molecular weight is 509 g/mol. The number of pyridine rings is 1. The van der Waals surface area contributed by atoms with Gasteiger partial charge in [-0.05, 0) is 63.5 Å². The molecular formula is C25H21BrN2O5. The van der Waals surface area contributed by atoms with Crippen molar-refractivity contribution in [1.29, 1.82) is 0 Å². The Morgan fingerprint density at radius 3 is 2.58 bits per heavy atom. The molecule has 168 valence electrons. The standard InChI is InChI=1S/C25H21BrN2O5/c1-32-18-7-3-5-15(11-18)14-28-22(17-6-4-10-27-13-17)21(24(30)25(28)31)23(29)16-8-9-20(33-2)19(26)12-16/h3-13,22,29H,14H2,1-2H3/b23-21-. The van der Waals surface area contributed by atoms with Crippen LogP contribution in [0.25, 0.3) is 5.76 Å². The van der Waals surface area contributed by atoms with Gasteiger partial charge in [0, 0.05) is 24.5 Å². The van der Waals surface area contributed by atoms with Crippen molar-refractivity contribution in [2.45, 2.75) is 12.6 Å². The predicted molar refractivity (Wildman–Crippen MR) is 126 cm³/mol. The van der Waals surface area contributed by atoms with Crippen LogP contribution in [0.4, 0.5) is 0 Å². The lowest BCUT2D eigenvalue weighted by atomic mass is 9.96. The second kappa shape index (κ2) is 9.46. The maximum absolute atomic E-state index is 13.1. The molecule has 4 rings (SSSR count). The molecule has 1 aliphatic rings. The van der Waals surface area contributed by atoms with E-state index in [0.29, 0.717) is 27.1 Å². The van der Waals surface area contributed by atoms with Crippen LogP contribution in [0, 0.1) is 0 Å². The first-order chi connectivity index (χ1) is 15.9. The maximum atomic E-state index is 13.1. The topological polar surface area (TPSA) is 89.0 Å². The molecular weight excluding hydrogens is 488 g/mol. The van der Waals surface area contributed by atoms with Gasteiger partial charge in [0.2, 0.25) is 0 Å². The number of hydrogen-bond acceptors (Lipinski definition) is 6. The fourth-order valence-electron chi connectivity index (χ4n) is 3.86. The summed E-state index contributed by atoms with van der Waals surface area (Å²) in [5, 5.41) is 11.2. The van der Waals surface area contributed by atoms with Crippen LogP contribution in [0.5, 0.6) is 11.5 Å². The summed E-state index contributed by atoms with van der Waals surface area (Å²) in [6.45, 7) is 0.157. The van der Waals surface area contributed by atoms with E-state index in [-0.39, 0.29) is 17.9 Å². The minimum Gasteiger partial charge on any atom is -0.507 e. The first-order valence-corrected chi connectivity index (χ1v) is 10.9. The number of halogens is 1. The number of likely N-dealkylation sites (tertiary alicyclic amines) is 1. The molecule has 0 aliphatic carbocycles. The van der Waals surface area contributed by atoms with E-state index in [0.717, 1.165) is 5.56 Å². The van der Waals surface area contributed by atoms with Crippen molar-refractivity contribution in [2.24, 2.45) is 0 Å². The number of ether oxygens (including phenoxy) is 2. The van der Waals surface area contributed by atoms with E-state index >= 15 is 0 Å². The highest BCUT2D eigenvalue weighted by Gasteiger charge is 2.46. The number of Topliss-reactive ketones (excluding diaryl/α,β-unsaturated/α-hetero) is 1. The molecule has 1 fully saturated rings. The van der Waals surface area contributed by atoms with E-state index < -0.39 is 17.7 Å². The first kappa shape index (κ1) is 22.5. The van der Waals surface area contributed by atoms with E-state index in [1.54, 1.807) is 62.0 Å². The highest BCUT2D eigenvalue weighted by atomic mass is 79.9. The van der Waals surface area contributed by atoms with Crippen LogP contribution in [0.1, 0.15) is 22.7 Å². The molecule has 1 aromatic heterocycles. The van der Waals surface area contributed by atoms with Gasteiger partial charge in [-0.3, -0.25) is 14.6 Å². The van der Waals surface area contributed by atoms with Crippen LogP contribution in [0.2, 0.25) is 0 Å². The Bertz CT molecular complexity index is 1240. The van der Waals surface area contributed by atoms with Gasteiger partial charge < -0.3 is 19.5 Å². The Hall–Kier alpha value is -3.65. The molecule has 0 saturated carbocycles. The first-order valence-electron chi connectivity index (χ1n) is 10.1. The van der Waals surface area contributed by atoms with Gasteiger partial charge in [0.15, 0.2) is 0 Å². The van der Waals surface area contributed by atoms with E-state index in [1.807, 2.05) is 12.1 Å². The van der Waals surface area contributed by atoms with Crippen LogP contribution in [-0.2, 0) is 16.1 Å². The minimum atomic E-state index is -0.800. The van der Waals surface area contributed by atoms with Crippen LogP contribution < -0.4 is 9.47 Å². The van der Waals surface area contributed by atoms with Gasteiger partial charge in [0.25, 0.3) is 11.7 Å². The lowest BCUT2D eigenvalue weighted by Gasteiger charge is -2.25. The Balaban J connectivity index is 1.83. The largest absolute Gasteiger partial charge is 0.507 e. The zero-order valence-corrected chi connectivity index (χ0v) is 19.6. The number of ketones is 1. The maximum Gasteiger partial charge on any atom is 0.295 e. The SMILES string of the molecule is COc1cccc(CN2C(=O)C(=O)/C(=C(\O)c3ccc(OC)c(Br)c3)C2c2cccnc2)c1. The van der Waals surface area contributed by atoms with Gasteiger partial charge in [-0.25, -0.2) is 0 Å². The molecule has 1 atom stereocenters. The van der Waals surface area contributed by atoms with Crippen molar-refractivity contribution < 1.29 is 24.2 Å². The highest BCUT2D eigenvalue weighted by molar-refractivity contribution is 9.10. The molecule has 1 unspecified atom stereocenters. The number of aromatic nitrogens is 1. The van der Waals surface area contributed by atoms with Crippen molar-refractivity contribution in [3.05, 3.63) is 93.7 Å². The van der Waals surface area contributed by atoms with Crippen LogP contribution in [-0.4, -0.2) is 40.9 Å². The second-order valence-corrected chi connectivity index (χ2v) is 8.27. The molecule has 7 nitrogen and oxygen atoms in total. The molecule has 0 radical (unpaired) electrons. The third kappa shape index (κ3) is 4.34. The molecule has 1 saturated heterocycles. The lowest BCUT2D eigenvalue weighted by molar-refractivity contribution is -0.140. The normalized spacial score (nSPS) is 17.3. The zero-order valence-electron chi connectivity index (χ0n) is 18.0. The number of amides is 1. The minimum absolute atomic E-state index is 0.00737. The number of rotatable bonds is 6.